The first-order chi connectivity index (χ1) is 18.0. The minimum Gasteiger partial charge on any atom is -0.493 e. The first-order valence-electron chi connectivity index (χ1n) is 12.8. The van der Waals surface area contributed by atoms with Gasteiger partial charge in [0.1, 0.15) is 23.9 Å². The van der Waals surface area contributed by atoms with Crippen LogP contribution in [-0.2, 0) is 11.3 Å². The van der Waals surface area contributed by atoms with Gasteiger partial charge in [0.15, 0.2) is 11.6 Å². The Kier molecular flexibility index (Phi) is 9.29. The predicted molar refractivity (Wildman–Crippen MR) is 139 cm³/mol. The van der Waals surface area contributed by atoms with Gasteiger partial charge in [-0.25, -0.2) is 13.2 Å². The van der Waals surface area contributed by atoms with E-state index in [0.717, 1.165) is 25.7 Å². The molecule has 4 rings (SSSR count). The van der Waals surface area contributed by atoms with Gasteiger partial charge >= 0.3 is 0 Å². The molecule has 37 heavy (non-hydrogen) atoms. The molecule has 0 radical (unpaired) electrons. The maximum Gasteiger partial charge on any atom is 0.165 e. The average molecular weight is 511 g/mol. The quantitative estimate of drug-likeness (QED) is 0.192. The van der Waals surface area contributed by atoms with Crippen LogP contribution >= 0.6 is 0 Å². The standard InChI is InChI=1S/C31H33F3O3/c1-3-5-18-36-26-15-17-27(29(32)19-26)21-6-13-25(14-7-21)37-20-23-10-16-28(31(34)30(23)33)22-8-11-24(12-9-22)35-4-2/h3,6-7,10,13-17,19,22,24H,1,4-5,8-9,11-12,18,20H2,2H3. The third-order valence-electron chi connectivity index (χ3n) is 6.80. The smallest absolute Gasteiger partial charge is 0.165 e. The fourth-order valence-corrected chi connectivity index (χ4v) is 4.78. The van der Waals surface area contributed by atoms with Crippen LogP contribution in [0.25, 0.3) is 11.1 Å². The third kappa shape index (κ3) is 6.75. The Hall–Kier alpha value is -3.25. The van der Waals surface area contributed by atoms with Crippen LogP contribution in [0.3, 0.4) is 0 Å². The van der Waals surface area contributed by atoms with Crippen LogP contribution in [0.2, 0.25) is 0 Å². The fraction of sp³-hybridized carbons (Fsp3) is 0.355. The molecule has 3 nitrogen and oxygen atoms in total. The third-order valence-corrected chi connectivity index (χ3v) is 6.80. The minimum atomic E-state index is -0.862. The molecule has 1 aliphatic rings. The average Bonchev–Trinajstić information content (AvgIpc) is 2.91. The molecule has 3 aromatic rings. The van der Waals surface area contributed by atoms with Crippen molar-refractivity contribution in [2.45, 2.75) is 57.7 Å². The second-order valence-corrected chi connectivity index (χ2v) is 9.25. The van der Waals surface area contributed by atoms with E-state index in [2.05, 4.69) is 6.58 Å². The van der Waals surface area contributed by atoms with Gasteiger partial charge < -0.3 is 14.2 Å². The highest BCUT2D eigenvalue weighted by Gasteiger charge is 2.26. The minimum absolute atomic E-state index is 0.00175. The summed E-state index contributed by atoms with van der Waals surface area (Å²) in [5.41, 5.74) is 1.69. The Bertz CT molecular complexity index is 1190. The van der Waals surface area contributed by atoms with E-state index in [0.29, 0.717) is 47.8 Å². The molecule has 0 N–H and O–H groups in total. The van der Waals surface area contributed by atoms with Crippen molar-refractivity contribution in [2.24, 2.45) is 0 Å². The van der Waals surface area contributed by atoms with Crippen molar-refractivity contribution in [1.29, 1.82) is 0 Å². The van der Waals surface area contributed by atoms with Crippen molar-refractivity contribution in [3.8, 4) is 22.6 Å². The summed E-state index contributed by atoms with van der Waals surface area (Å²) in [6.07, 6.45) is 5.93. The Morgan fingerprint density at radius 2 is 1.59 bits per heavy atom. The molecule has 0 saturated heterocycles. The Labute approximate surface area is 216 Å². The van der Waals surface area contributed by atoms with Gasteiger partial charge in [-0.2, -0.15) is 0 Å². The van der Waals surface area contributed by atoms with Crippen LogP contribution in [0.15, 0.2) is 67.3 Å². The number of hydrogen-bond acceptors (Lipinski definition) is 3. The summed E-state index contributed by atoms with van der Waals surface area (Å²) in [5.74, 6) is -1.11. The lowest BCUT2D eigenvalue weighted by Gasteiger charge is -2.29. The lowest BCUT2D eigenvalue weighted by atomic mass is 9.82. The topological polar surface area (TPSA) is 27.7 Å². The second kappa shape index (κ2) is 12.8. The molecule has 0 amide bonds. The number of halogens is 3. The fourth-order valence-electron chi connectivity index (χ4n) is 4.78. The van der Waals surface area contributed by atoms with Crippen molar-refractivity contribution in [3.05, 3.63) is 95.8 Å². The summed E-state index contributed by atoms with van der Waals surface area (Å²) in [6.45, 7) is 6.61. The lowest BCUT2D eigenvalue weighted by molar-refractivity contribution is 0.0325. The number of ether oxygens (including phenoxy) is 3. The molecule has 0 aliphatic heterocycles. The van der Waals surface area contributed by atoms with Crippen LogP contribution in [0, 0.1) is 17.5 Å². The molecule has 3 aromatic carbocycles. The second-order valence-electron chi connectivity index (χ2n) is 9.25. The van der Waals surface area contributed by atoms with E-state index in [1.807, 2.05) is 6.92 Å². The molecule has 0 unspecified atom stereocenters. The van der Waals surface area contributed by atoms with Gasteiger partial charge in [-0.15, -0.1) is 6.58 Å². The van der Waals surface area contributed by atoms with E-state index in [4.69, 9.17) is 14.2 Å². The molecule has 1 fully saturated rings. The maximum absolute atomic E-state index is 14.9. The summed E-state index contributed by atoms with van der Waals surface area (Å²) in [4.78, 5) is 0. The zero-order chi connectivity index (χ0) is 26.2. The molecule has 0 aromatic heterocycles. The highest BCUT2D eigenvalue weighted by atomic mass is 19.2. The molecule has 1 aliphatic carbocycles. The van der Waals surface area contributed by atoms with Gasteiger partial charge in [0.05, 0.1) is 12.7 Å². The van der Waals surface area contributed by atoms with Crippen molar-refractivity contribution in [1.82, 2.24) is 0 Å². The Morgan fingerprint density at radius 1 is 0.865 bits per heavy atom. The largest absolute Gasteiger partial charge is 0.493 e. The maximum atomic E-state index is 14.9. The molecule has 6 heteroatoms. The zero-order valence-electron chi connectivity index (χ0n) is 21.2. The van der Waals surface area contributed by atoms with Crippen molar-refractivity contribution < 1.29 is 27.4 Å². The normalized spacial score (nSPS) is 17.4. The van der Waals surface area contributed by atoms with Crippen LogP contribution in [0.4, 0.5) is 13.2 Å². The van der Waals surface area contributed by atoms with E-state index in [1.165, 1.54) is 6.07 Å². The molecule has 0 bridgehead atoms. The molecular formula is C31H33F3O3. The SMILES string of the molecule is C=CCCOc1ccc(-c2ccc(OCc3ccc(C4CCC(OCC)CC4)c(F)c3F)cc2)c(F)c1. The van der Waals surface area contributed by atoms with E-state index < -0.39 is 17.5 Å². The van der Waals surface area contributed by atoms with Gasteiger partial charge in [0, 0.05) is 23.8 Å². The van der Waals surface area contributed by atoms with Crippen molar-refractivity contribution in [2.75, 3.05) is 13.2 Å². The molecule has 0 atom stereocenters. The van der Waals surface area contributed by atoms with Gasteiger partial charge in [0.25, 0.3) is 0 Å². The molecule has 0 heterocycles. The van der Waals surface area contributed by atoms with Crippen molar-refractivity contribution in [3.63, 3.8) is 0 Å². The van der Waals surface area contributed by atoms with Crippen molar-refractivity contribution >= 4 is 0 Å². The first-order valence-corrected chi connectivity index (χ1v) is 12.8. The first kappa shape index (κ1) is 26.8. The summed E-state index contributed by atoms with van der Waals surface area (Å²) >= 11 is 0. The van der Waals surface area contributed by atoms with Gasteiger partial charge in [-0.05, 0) is 80.3 Å². The lowest BCUT2D eigenvalue weighted by Crippen LogP contribution is -2.21. The molecule has 0 spiro atoms. The number of hydrogen-bond donors (Lipinski definition) is 0. The zero-order valence-corrected chi connectivity index (χ0v) is 21.2. The van der Waals surface area contributed by atoms with Gasteiger partial charge in [-0.3, -0.25) is 0 Å². The van der Waals surface area contributed by atoms with E-state index in [1.54, 1.807) is 54.6 Å². The highest BCUT2D eigenvalue weighted by Crippen LogP contribution is 2.36. The number of rotatable bonds is 11. The summed E-state index contributed by atoms with van der Waals surface area (Å²) in [6, 6.07) is 14.8. The molecular weight excluding hydrogens is 477 g/mol. The van der Waals surface area contributed by atoms with E-state index in [9.17, 15) is 13.2 Å². The van der Waals surface area contributed by atoms with E-state index in [-0.39, 0.29) is 24.2 Å². The predicted octanol–water partition coefficient (Wildman–Crippen LogP) is 8.37. The van der Waals surface area contributed by atoms with Crippen LogP contribution in [-0.4, -0.2) is 19.3 Å². The monoisotopic (exact) mass is 510 g/mol. The highest BCUT2D eigenvalue weighted by molar-refractivity contribution is 5.65. The van der Waals surface area contributed by atoms with Crippen LogP contribution < -0.4 is 9.47 Å². The molecule has 196 valence electrons. The van der Waals surface area contributed by atoms with Gasteiger partial charge in [0.2, 0.25) is 0 Å². The molecule has 1 saturated carbocycles. The summed E-state index contributed by atoms with van der Waals surface area (Å²) < 4.78 is 61.2. The Balaban J connectivity index is 1.36. The number of benzene rings is 3. The van der Waals surface area contributed by atoms with Crippen LogP contribution in [0.5, 0.6) is 11.5 Å². The summed E-state index contributed by atoms with van der Waals surface area (Å²) in [7, 11) is 0. The Morgan fingerprint density at radius 3 is 2.27 bits per heavy atom. The van der Waals surface area contributed by atoms with Gasteiger partial charge in [-0.1, -0.05) is 30.3 Å². The summed E-state index contributed by atoms with van der Waals surface area (Å²) in [5, 5.41) is 0. The van der Waals surface area contributed by atoms with E-state index >= 15 is 0 Å². The van der Waals surface area contributed by atoms with Crippen LogP contribution in [0.1, 0.15) is 56.1 Å².